The first-order valence-corrected chi connectivity index (χ1v) is 11.2. The predicted molar refractivity (Wildman–Crippen MR) is 118 cm³/mol. The lowest BCUT2D eigenvalue weighted by Gasteiger charge is -2.31. The number of halogens is 1. The molecule has 0 spiro atoms. The molecule has 0 radical (unpaired) electrons. The van der Waals surface area contributed by atoms with Crippen LogP contribution in [0, 0.1) is 12.7 Å². The average Bonchev–Trinajstić information content (AvgIpc) is 3.14. The van der Waals surface area contributed by atoms with Crippen molar-refractivity contribution in [2.45, 2.75) is 64.7 Å². The SMILES string of the molecule is CC[C@@]1(O)C(=O)OCc2c1cc1n(c2=O)Cc2c-1cc1cc(F)c(C)c3c1c2[C@@H](C)CC3. The molecule has 32 heavy (non-hydrogen) atoms. The number of cyclic esters (lactones) is 1. The molecule has 3 aromatic rings. The number of hydrogen-bond acceptors (Lipinski definition) is 4. The Bertz CT molecular complexity index is 1440. The highest BCUT2D eigenvalue weighted by Gasteiger charge is 2.45. The normalized spacial score (nSPS) is 23.0. The maximum Gasteiger partial charge on any atom is 0.343 e. The maximum atomic E-state index is 14.7. The van der Waals surface area contributed by atoms with Gasteiger partial charge in [0.1, 0.15) is 12.4 Å². The van der Waals surface area contributed by atoms with Crippen LogP contribution in [0.25, 0.3) is 22.0 Å². The number of benzene rings is 2. The van der Waals surface area contributed by atoms with Gasteiger partial charge in [-0.05, 0) is 83.3 Å². The van der Waals surface area contributed by atoms with Gasteiger partial charge in [0.05, 0.1) is 17.8 Å². The van der Waals surface area contributed by atoms with Crippen LogP contribution in [0.15, 0.2) is 23.0 Å². The Kier molecular flexibility index (Phi) is 3.87. The fraction of sp³-hybridized carbons (Fsp3) is 0.385. The number of carbonyl (C=O) groups excluding carboxylic acids is 1. The number of esters is 1. The number of aliphatic hydroxyl groups is 1. The molecule has 2 atom stereocenters. The molecule has 0 bridgehead atoms. The minimum atomic E-state index is -1.83. The molecule has 6 heteroatoms. The predicted octanol–water partition coefficient (Wildman–Crippen LogP) is 4.18. The van der Waals surface area contributed by atoms with E-state index in [1.807, 2.05) is 13.0 Å². The summed E-state index contributed by atoms with van der Waals surface area (Å²) >= 11 is 0. The van der Waals surface area contributed by atoms with E-state index in [0.29, 0.717) is 34.8 Å². The lowest BCUT2D eigenvalue weighted by Crippen LogP contribution is -2.44. The Morgan fingerprint density at radius 3 is 2.75 bits per heavy atom. The van der Waals surface area contributed by atoms with Crippen LogP contribution in [0.5, 0.6) is 0 Å². The van der Waals surface area contributed by atoms with Gasteiger partial charge in [0, 0.05) is 11.1 Å². The van der Waals surface area contributed by atoms with Crippen LogP contribution in [-0.2, 0) is 34.7 Å². The van der Waals surface area contributed by atoms with Crippen molar-refractivity contribution in [2.75, 3.05) is 0 Å². The third-order valence-corrected chi connectivity index (χ3v) is 7.86. The first-order chi connectivity index (χ1) is 15.3. The molecule has 5 nitrogen and oxygen atoms in total. The van der Waals surface area contributed by atoms with Crippen LogP contribution in [0.4, 0.5) is 4.39 Å². The van der Waals surface area contributed by atoms with Gasteiger partial charge in [-0.1, -0.05) is 13.8 Å². The van der Waals surface area contributed by atoms with Crippen LogP contribution in [0.2, 0.25) is 0 Å². The van der Waals surface area contributed by atoms with Crippen LogP contribution in [0.3, 0.4) is 0 Å². The Labute approximate surface area is 184 Å². The summed E-state index contributed by atoms with van der Waals surface area (Å²) in [5.41, 5.74) is 4.20. The lowest BCUT2D eigenvalue weighted by molar-refractivity contribution is -0.172. The summed E-state index contributed by atoms with van der Waals surface area (Å²) in [7, 11) is 0. The maximum absolute atomic E-state index is 14.7. The van der Waals surface area contributed by atoms with E-state index < -0.39 is 11.6 Å². The quantitative estimate of drug-likeness (QED) is 0.457. The third-order valence-electron chi connectivity index (χ3n) is 7.86. The van der Waals surface area contributed by atoms with Crippen molar-refractivity contribution >= 4 is 16.7 Å². The second-order valence-electron chi connectivity index (χ2n) is 9.42. The molecule has 0 unspecified atom stereocenters. The summed E-state index contributed by atoms with van der Waals surface area (Å²) in [6.07, 6.45) is 1.89. The van der Waals surface area contributed by atoms with Gasteiger partial charge in [-0.3, -0.25) is 4.79 Å². The number of fused-ring (bicyclic) bond motifs is 5. The van der Waals surface area contributed by atoms with E-state index in [1.165, 1.54) is 5.56 Å². The fourth-order valence-electron chi connectivity index (χ4n) is 5.99. The number of aryl methyl sites for hydroxylation is 1. The second kappa shape index (κ2) is 6.29. The zero-order valence-electron chi connectivity index (χ0n) is 18.3. The molecule has 2 aromatic carbocycles. The summed E-state index contributed by atoms with van der Waals surface area (Å²) in [4.78, 5) is 25.8. The standard InChI is InChI=1S/C26H24FNO4/c1-4-26(31)19-9-21-16-7-14-8-20(27)13(3)15-6-5-12(2)22(23(14)15)17(16)10-28(21)24(29)18(19)11-32-25(26)30/h7-9,12,31H,4-6,10-11H2,1-3H3/t12-,26-/m0/s1. The first-order valence-electron chi connectivity index (χ1n) is 11.2. The number of carbonyl (C=O) groups is 1. The number of rotatable bonds is 1. The molecule has 6 rings (SSSR count). The van der Waals surface area contributed by atoms with Gasteiger partial charge < -0.3 is 14.4 Å². The van der Waals surface area contributed by atoms with Gasteiger partial charge in [0.15, 0.2) is 5.60 Å². The Morgan fingerprint density at radius 1 is 1.22 bits per heavy atom. The minimum absolute atomic E-state index is 0.114. The van der Waals surface area contributed by atoms with Crippen LogP contribution in [-0.4, -0.2) is 15.6 Å². The highest BCUT2D eigenvalue weighted by Crippen LogP contribution is 2.47. The van der Waals surface area contributed by atoms with Crippen molar-refractivity contribution in [1.29, 1.82) is 0 Å². The number of nitrogens with zero attached hydrogens (tertiary/aromatic N) is 1. The van der Waals surface area contributed by atoms with Crippen LogP contribution < -0.4 is 5.56 Å². The van der Waals surface area contributed by atoms with E-state index in [-0.39, 0.29) is 24.4 Å². The highest BCUT2D eigenvalue weighted by molar-refractivity contribution is 5.97. The largest absolute Gasteiger partial charge is 0.458 e. The van der Waals surface area contributed by atoms with Crippen molar-refractivity contribution in [3.8, 4) is 11.3 Å². The molecule has 164 valence electrons. The Morgan fingerprint density at radius 2 is 2.00 bits per heavy atom. The third kappa shape index (κ3) is 2.26. The molecule has 2 aliphatic heterocycles. The summed E-state index contributed by atoms with van der Waals surface area (Å²) in [6.45, 7) is 6.02. The molecular weight excluding hydrogens is 409 g/mol. The number of hydrogen-bond donors (Lipinski definition) is 1. The van der Waals surface area contributed by atoms with Gasteiger partial charge in [-0.2, -0.15) is 0 Å². The van der Waals surface area contributed by atoms with Crippen molar-refractivity contribution in [2.24, 2.45) is 0 Å². The molecule has 0 saturated heterocycles. The van der Waals surface area contributed by atoms with Crippen LogP contribution >= 0.6 is 0 Å². The van der Waals surface area contributed by atoms with E-state index in [4.69, 9.17) is 4.74 Å². The first kappa shape index (κ1) is 19.7. The number of pyridine rings is 1. The van der Waals surface area contributed by atoms with E-state index in [0.717, 1.165) is 40.3 Å². The molecule has 0 amide bonds. The highest BCUT2D eigenvalue weighted by atomic mass is 19.1. The molecule has 1 aliphatic carbocycles. The van der Waals surface area contributed by atoms with Crippen molar-refractivity contribution < 1.29 is 19.0 Å². The topological polar surface area (TPSA) is 68.5 Å². The molecule has 0 fully saturated rings. The Hall–Kier alpha value is -2.99. The van der Waals surface area contributed by atoms with E-state index in [9.17, 15) is 19.1 Å². The molecule has 3 aliphatic rings. The van der Waals surface area contributed by atoms with E-state index >= 15 is 0 Å². The van der Waals surface area contributed by atoms with Gasteiger partial charge in [0.2, 0.25) is 0 Å². The minimum Gasteiger partial charge on any atom is -0.458 e. The second-order valence-corrected chi connectivity index (χ2v) is 9.42. The van der Waals surface area contributed by atoms with Crippen molar-refractivity contribution in [1.82, 2.24) is 4.57 Å². The van der Waals surface area contributed by atoms with E-state index in [1.54, 1.807) is 23.6 Å². The summed E-state index contributed by atoms with van der Waals surface area (Å²) in [5.74, 6) is -0.640. The van der Waals surface area contributed by atoms with Gasteiger partial charge in [0.25, 0.3) is 5.56 Å². The van der Waals surface area contributed by atoms with Gasteiger partial charge in [-0.25, -0.2) is 9.18 Å². The zero-order valence-corrected chi connectivity index (χ0v) is 18.3. The molecular formula is C26H24FNO4. The lowest BCUT2D eigenvalue weighted by atomic mass is 9.77. The molecule has 1 aromatic heterocycles. The number of aromatic nitrogens is 1. The van der Waals surface area contributed by atoms with Gasteiger partial charge in [-0.15, -0.1) is 0 Å². The summed E-state index contributed by atoms with van der Waals surface area (Å²) < 4.78 is 21.6. The van der Waals surface area contributed by atoms with Crippen molar-refractivity contribution in [3.63, 3.8) is 0 Å². The zero-order chi connectivity index (χ0) is 22.5. The molecule has 1 N–H and O–H groups in total. The average molecular weight is 433 g/mol. The Balaban J connectivity index is 1.70. The van der Waals surface area contributed by atoms with E-state index in [2.05, 4.69) is 6.92 Å². The van der Waals surface area contributed by atoms with Crippen molar-refractivity contribution in [3.05, 3.63) is 67.8 Å². The fourth-order valence-corrected chi connectivity index (χ4v) is 5.99. The molecule has 0 saturated carbocycles. The van der Waals surface area contributed by atoms with Crippen LogP contribution in [0.1, 0.15) is 66.0 Å². The number of ether oxygens (including phenoxy) is 1. The summed E-state index contributed by atoms with van der Waals surface area (Å²) in [5, 5.41) is 13.0. The molecule has 3 heterocycles. The smallest absolute Gasteiger partial charge is 0.343 e. The monoisotopic (exact) mass is 433 g/mol. The van der Waals surface area contributed by atoms with Gasteiger partial charge >= 0.3 is 5.97 Å². The summed E-state index contributed by atoms with van der Waals surface area (Å²) in [6, 6.07) is 5.33.